The van der Waals surface area contributed by atoms with E-state index in [-0.39, 0.29) is 0 Å². The van der Waals surface area contributed by atoms with Crippen molar-refractivity contribution in [3.8, 4) is 0 Å². The van der Waals surface area contributed by atoms with Crippen LogP contribution < -0.4 is 0 Å². The number of thiocarbonyl (C=S) groups is 2. The van der Waals surface area contributed by atoms with Crippen molar-refractivity contribution in [1.29, 1.82) is 0 Å². The molecule has 0 N–H and O–H groups in total. The van der Waals surface area contributed by atoms with Gasteiger partial charge in [0, 0.05) is 18.6 Å². The van der Waals surface area contributed by atoms with Gasteiger partial charge in [-0.15, -0.1) is 11.8 Å². The highest BCUT2D eigenvalue weighted by molar-refractivity contribution is 14.1. The molecule has 0 aliphatic rings. The third-order valence-corrected chi connectivity index (χ3v) is 16.5. The molecule has 0 saturated carbocycles. The van der Waals surface area contributed by atoms with E-state index in [0.717, 1.165) is 38.5 Å². The van der Waals surface area contributed by atoms with Gasteiger partial charge in [0.1, 0.15) is 0 Å². The van der Waals surface area contributed by atoms with E-state index in [4.69, 9.17) is 34.4 Å². The maximum atomic E-state index is 5.87. The lowest BCUT2D eigenvalue weighted by atomic mass is 9.86. The molecule has 77 heavy (non-hydrogen) atoms. The molecule has 0 aromatic heterocycles. The highest BCUT2D eigenvalue weighted by Crippen LogP contribution is 2.38. The Morgan fingerprint density at radius 1 is 0.377 bits per heavy atom. The smallest absolute Gasteiger partial charge is 0.0736 e. The molecule has 0 unspecified atom stereocenters. The van der Waals surface area contributed by atoms with E-state index in [9.17, 15) is 0 Å². The minimum Gasteiger partial charge on any atom is -0.258 e. The van der Waals surface area contributed by atoms with Crippen molar-refractivity contribution in [3.05, 3.63) is 128 Å². The standard InChI is InChI=1S/C35H54N2S.C35H52S2.CH3I/c1-24(2)29-19-16-20-30(25(3)4)34(29)36-28(9)18-14-12-11-13-15-23-33(38-10)37-35-31(26(5)6)21-17-22-32(35)27(7)8;1-24(2)30-18-14-19-31(25(3)4)34(30)22-28(36)16-12-10-9-11-13-17-29(37)23-35-32(26(5)6)20-15-21-33(35)27(7)8;1-2/h16-17,19-22,24-27H,11-15,18,23H2,1-10H3;14-15,18-21,24-27H,9-13,16-17,22-23H2,1-8H3;1H3. The van der Waals surface area contributed by atoms with Crippen LogP contribution in [-0.2, 0) is 12.8 Å². The lowest BCUT2D eigenvalue weighted by molar-refractivity contribution is 0.632. The molecule has 0 aliphatic heterocycles. The highest BCUT2D eigenvalue weighted by Gasteiger charge is 2.19. The summed E-state index contributed by atoms with van der Waals surface area (Å²) in [4.78, 5) is 14.8. The molecule has 4 aromatic carbocycles. The first-order valence-electron chi connectivity index (χ1n) is 30.1. The van der Waals surface area contributed by atoms with Crippen LogP contribution in [-0.4, -0.2) is 31.7 Å². The number of nitrogens with zero attached hydrogens (tertiary/aromatic N) is 2. The lowest BCUT2D eigenvalue weighted by Crippen LogP contribution is -2.09. The molecular weight excluding hydrogens is 1100 g/mol. The monoisotopic (exact) mass is 1210 g/mol. The molecule has 0 spiro atoms. The van der Waals surface area contributed by atoms with Gasteiger partial charge in [-0.2, -0.15) is 0 Å². The fourth-order valence-electron chi connectivity index (χ4n) is 10.6. The van der Waals surface area contributed by atoms with Crippen molar-refractivity contribution in [1.82, 2.24) is 0 Å². The van der Waals surface area contributed by atoms with Crippen LogP contribution in [0.3, 0.4) is 0 Å². The number of unbranched alkanes of at least 4 members (excludes halogenated alkanes) is 8. The Kier molecular flexibility index (Phi) is 35.0. The maximum Gasteiger partial charge on any atom is 0.0736 e. The van der Waals surface area contributed by atoms with Gasteiger partial charge < -0.3 is 0 Å². The van der Waals surface area contributed by atoms with Crippen molar-refractivity contribution >= 4 is 90.6 Å². The zero-order valence-electron chi connectivity index (χ0n) is 52.4. The van der Waals surface area contributed by atoms with Gasteiger partial charge in [0.2, 0.25) is 0 Å². The second-order valence-corrected chi connectivity index (χ2v) is 26.2. The average molecular weight is 1210 g/mol. The Hall–Kier alpha value is -2.52. The summed E-state index contributed by atoms with van der Waals surface area (Å²) in [6.07, 6.45) is 20.9. The van der Waals surface area contributed by atoms with Crippen LogP contribution >= 0.6 is 58.8 Å². The molecule has 428 valence electrons. The highest BCUT2D eigenvalue weighted by atomic mass is 127. The van der Waals surface area contributed by atoms with Crippen molar-refractivity contribution in [2.75, 3.05) is 11.2 Å². The number of thioether (sulfide) groups is 1. The van der Waals surface area contributed by atoms with Gasteiger partial charge >= 0.3 is 0 Å². The summed E-state index contributed by atoms with van der Waals surface area (Å²) in [6.45, 7) is 38.8. The van der Waals surface area contributed by atoms with Crippen LogP contribution in [0.4, 0.5) is 11.4 Å². The molecule has 2 nitrogen and oxygen atoms in total. The molecule has 0 saturated heterocycles. The molecule has 0 radical (unpaired) electrons. The van der Waals surface area contributed by atoms with Crippen molar-refractivity contribution < 1.29 is 0 Å². The van der Waals surface area contributed by atoms with Crippen LogP contribution in [0.1, 0.15) is 311 Å². The van der Waals surface area contributed by atoms with E-state index in [1.54, 1.807) is 0 Å². The van der Waals surface area contributed by atoms with Crippen LogP contribution in [0, 0.1) is 0 Å². The number of rotatable bonds is 30. The second kappa shape index (κ2) is 38.2. The van der Waals surface area contributed by atoms with E-state index >= 15 is 0 Å². The summed E-state index contributed by atoms with van der Waals surface area (Å²) in [5.41, 5.74) is 18.1. The quantitative estimate of drug-likeness (QED) is 0.0130. The molecule has 4 aromatic rings. The van der Waals surface area contributed by atoms with Gasteiger partial charge in [0.25, 0.3) is 0 Å². The lowest BCUT2D eigenvalue weighted by Gasteiger charge is -2.20. The van der Waals surface area contributed by atoms with Crippen LogP contribution in [0.5, 0.6) is 0 Å². The molecule has 0 atom stereocenters. The zero-order chi connectivity index (χ0) is 57.8. The number of halogens is 1. The fourth-order valence-corrected chi connectivity index (χ4v) is 11.7. The molecule has 4 rings (SSSR count). The van der Waals surface area contributed by atoms with Gasteiger partial charge in [-0.05, 0) is 182 Å². The molecule has 6 heteroatoms. The van der Waals surface area contributed by atoms with Crippen molar-refractivity contribution in [3.63, 3.8) is 0 Å². The topological polar surface area (TPSA) is 24.7 Å². The van der Waals surface area contributed by atoms with Gasteiger partial charge in [-0.1, -0.05) is 269 Å². The maximum absolute atomic E-state index is 5.87. The predicted octanol–water partition coefficient (Wildman–Crippen LogP) is 24.6. The fraction of sp³-hybridized carbons (Fsp3) is 0.606. The van der Waals surface area contributed by atoms with Gasteiger partial charge in [0.15, 0.2) is 0 Å². The number of hydrogen-bond donors (Lipinski definition) is 0. The van der Waals surface area contributed by atoms with Crippen LogP contribution in [0.2, 0.25) is 0 Å². The van der Waals surface area contributed by atoms with E-state index in [2.05, 4.69) is 219 Å². The summed E-state index contributed by atoms with van der Waals surface area (Å²) >= 11 is 15.7. The summed E-state index contributed by atoms with van der Waals surface area (Å²) in [5, 5.41) is 1.27. The molecular formula is C71H109IN2S3. The average Bonchev–Trinajstić information content (AvgIpc) is 3.37. The van der Waals surface area contributed by atoms with Gasteiger partial charge in [-0.25, -0.2) is 4.99 Å². The third kappa shape index (κ3) is 24.6. The number of benzene rings is 4. The van der Waals surface area contributed by atoms with E-state index in [1.165, 1.54) is 152 Å². The Balaban J connectivity index is 0.000000510. The van der Waals surface area contributed by atoms with Gasteiger partial charge in [0.05, 0.1) is 16.4 Å². The Morgan fingerprint density at radius 3 is 0.909 bits per heavy atom. The molecule has 0 bridgehead atoms. The minimum atomic E-state index is 0.485. The first-order valence-corrected chi connectivity index (χ1v) is 34.3. The number of alkyl halides is 1. The minimum absolute atomic E-state index is 0.485. The van der Waals surface area contributed by atoms with Crippen LogP contribution in [0.25, 0.3) is 0 Å². The first kappa shape index (κ1) is 70.6. The SMILES string of the molecule is CC(C)c1cccc(C(C)C)c1CC(=S)CCCCCCCC(=S)Cc1c(C(C)C)cccc1C(C)C.CI.CSC(CCCCCCCC(C)=Nc1c(C(C)C)cccc1C(C)C)=Nc1c(C(C)C)cccc1C(C)C. The number of para-hydroxylation sites is 2. The molecule has 0 amide bonds. The van der Waals surface area contributed by atoms with Crippen molar-refractivity contribution in [2.45, 2.75) is 268 Å². The summed E-state index contributed by atoms with van der Waals surface area (Å²) in [5.74, 6) is 4.11. The Labute approximate surface area is 504 Å². The second-order valence-electron chi connectivity index (χ2n) is 24.2. The summed E-state index contributed by atoms with van der Waals surface area (Å²) in [6, 6.07) is 27.0. The number of aliphatic imine (C=N–C) groups is 2. The third-order valence-electron chi connectivity index (χ3n) is 15.0. The van der Waals surface area contributed by atoms with Crippen LogP contribution in [0.15, 0.2) is 82.8 Å². The predicted molar refractivity (Wildman–Crippen MR) is 369 cm³/mol. The zero-order valence-corrected chi connectivity index (χ0v) is 57.0. The van der Waals surface area contributed by atoms with E-state index in [0.29, 0.717) is 47.3 Å². The van der Waals surface area contributed by atoms with E-state index < -0.39 is 0 Å². The summed E-state index contributed by atoms with van der Waals surface area (Å²) in [7, 11) is 0. The van der Waals surface area contributed by atoms with Crippen molar-refractivity contribution in [2.24, 2.45) is 9.98 Å². The number of hydrogen-bond acceptors (Lipinski definition) is 5. The largest absolute Gasteiger partial charge is 0.258 e. The summed E-state index contributed by atoms with van der Waals surface area (Å²) < 4.78 is 0. The molecule has 0 aliphatic carbocycles. The normalized spacial score (nSPS) is 12.2. The first-order chi connectivity index (χ1) is 36.6. The Bertz CT molecular complexity index is 2230. The molecule has 0 fully saturated rings. The van der Waals surface area contributed by atoms with E-state index in [1.807, 2.05) is 16.7 Å². The Morgan fingerprint density at radius 2 is 0.623 bits per heavy atom. The molecule has 0 heterocycles. The van der Waals surface area contributed by atoms with Gasteiger partial charge in [-0.3, -0.25) is 4.99 Å².